The Morgan fingerprint density at radius 3 is 2.37 bits per heavy atom. The zero-order chi connectivity index (χ0) is 13.8. The first-order chi connectivity index (χ1) is 9.17. The van der Waals surface area contributed by atoms with E-state index in [1.54, 1.807) is 12.1 Å². The van der Waals surface area contributed by atoms with Crippen molar-refractivity contribution in [2.45, 2.75) is 13.3 Å². The Morgan fingerprint density at radius 1 is 1.16 bits per heavy atom. The van der Waals surface area contributed by atoms with Crippen LogP contribution in [0.5, 0.6) is 5.75 Å². The first-order valence-electron chi connectivity index (χ1n) is 6.17. The summed E-state index contributed by atoms with van der Waals surface area (Å²) in [6, 6.07) is 13.2. The number of aryl methyl sites for hydroxylation is 1. The van der Waals surface area contributed by atoms with Gasteiger partial charge in [-0.15, -0.1) is 0 Å². The van der Waals surface area contributed by atoms with Crippen LogP contribution in [-0.2, 0) is 6.42 Å². The van der Waals surface area contributed by atoms with Gasteiger partial charge < -0.3 is 9.84 Å². The van der Waals surface area contributed by atoms with Gasteiger partial charge in [-0.2, -0.15) is 0 Å². The van der Waals surface area contributed by atoms with Crippen molar-refractivity contribution in [3.63, 3.8) is 0 Å². The van der Waals surface area contributed by atoms with Gasteiger partial charge in [0.2, 0.25) is 0 Å². The van der Waals surface area contributed by atoms with Crippen LogP contribution in [0.2, 0.25) is 0 Å². The van der Waals surface area contributed by atoms with E-state index in [1.807, 2.05) is 30.3 Å². The molecule has 2 aromatic rings. The van der Waals surface area contributed by atoms with Crippen molar-refractivity contribution in [2.24, 2.45) is 0 Å². The number of aromatic carboxylic acids is 1. The molecule has 0 aliphatic heterocycles. The second-order valence-corrected chi connectivity index (χ2v) is 4.24. The number of benzene rings is 2. The number of rotatable bonds is 4. The highest BCUT2D eigenvalue weighted by atomic mass is 16.5. The van der Waals surface area contributed by atoms with Gasteiger partial charge in [-0.05, 0) is 23.6 Å². The Balaban J connectivity index is 2.54. The fourth-order valence-electron chi connectivity index (χ4n) is 2.07. The van der Waals surface area contributed by atoms with Gasteiger partial charge in [0.15, 0.2) is 0 Å². The van der Waals surface area contributed by atoms with Crippen LogP contribution in [0.25, 0.3) is 11.1 Å². The maximum absolute atomic E-state index is 11.2. The third-order valence-corrected chi connectivity index (χ3v) is 3.12. The second kappa shape index (κ2) is 5.57. The molecule has 0 aliphatic rings. The van der Waals surface area contributed by atoms with E-state index in [0.717, 1.165) is 17.5 Å². The quantitative estimate of drug-likeness (QED) is 0.908. The van der Waals surface area contributed by atoms with Crippen molar-refractivity contribution < 1.29 is 14.6 Å². The molecule has 0 saturated carbocycles. The average molecular weight is 256 g/mol. The van der Waals surface area contributed by atoms with E-state index >= 15 is 0 Å². The van der Waals surface area contributed by atoms with Crippen LogP contribution in [0, 0.1) is 0 Å². The third kappa shape index (κ3) is 2.60. The summed E-state index contributed by atoms with van der Waals surface area (Å²) < 4.78 is 5.27. The number of carbonyl (C=O) groups is 1. The molecule has 19 heavy (non-hydrogen) atoms. The van der Waals surface area contributed by atoms with Gasteiger partial charge in [0, 0.05) is 5.56 Å². The van der Waals surface area contributed by atoms with Crippen molar-refractivity contribution in [1.82, 2.24) is 0 Å². The molecule has 3 nitrogen and oxygen atoms in total. The van der Waals surface area contributed by atoms with Crippen LogP contribution in [0.15, 0.2) is 42.5 Å². The molecular formula is C16H16O3. The topological polar surface area (TPSA) is 46.5 Å². The van der Waals surface area contributed by atoms with Crippen LogP contribution in [-0.4, -0.2) is 18.2 Å². The molecular weight excluding hydrogens is 240 g/mol. The zero-order valence-corrected chi connectivity index (χ0v) is 11.0. The molecule has 3 heteroatoms. The second-order valence-electron chi connectivity index (χ2n) is 4.24. The van der Waals surface area contributed by atoms with Crippen LogP contribution in [0.4, 0.5) is 0 Å². The summed E-state index contributed by atoms with van der Waals surface area (Å²) in [5.74, 6) is -0.580. The number of hydrogen-bond donors (Lipinski definition) is 1. The summed E-state index contributed by atoms with van der Waals surface area (Å²) in [4.78, 5) is 11.2. The number of ether oxygens (including phenoxy) is 1. The normalized spacial score (nSPS) is 10.2. The fraction of sp³-hybridized carbons (Fsp3) is 0.188. The standard InChI is InChI=1S/C16H16O3/c1-3-11-7-9-12(10-8-11)13-5-4-6-14(16(17)18)15(13)19-2/h4-10H,3H2,1-2H3,(H,17,18). The van der Waals surface area contributed by atoms with E-state index in [2.05, 4.69) is 6.92 Å². The number of carboxylic acid groups (broad SMARTS) is 1. The van der Waals surface area contributed by atoms with Gasteiger partial charge in [0.05, 0.1) is 7.11 Å². The molecule has 98 valence electrons. The lowest BCUT2D eigenvalue weighted by Gasteiger charge is -2.11. The SMILES string of the molecule is CCc1ccc(-c2cccc(C(=O)O)c2OC)cc1. The molecule has 0 radical (unpaired) electrons. The first kappa shape index (κ1) is 13.1. The minimum atomic E-state index is -0.983. The molecule has 2 rings (SSSR count). The molecule has 0 fully saturated rings. The number of carboxylic acids is 1. The molecule has 0 aromatic heterocycles. The van der Waals surface area contributed by atoms with Crippen LogP contribution >= 0.6 is 0 Å². The summed E-state index contributed by atoms with van der Waals surface area (Å²) in [6.45, 7) is 2.10. The molecule has 0 aliphatic carbocycles. The lowest BCUT2D eigenvalue weighted by molar-refractivity contribution is 0.0693. The summed E-state index contributed by atoms with van der Waals surface area (Å²) in [5, 5.41) is 9.17. The first-order valence-corrected chi connectivity index (χ1v) is 6.17. The minimum absolute atomic E-state index is 0.180. The molecule has 0 saturated heterocycles. The molecule has 2 aromatic carbocycles. The maximum Gasteiger partial charge on any atom is 0.339 e. The van der Waals surface area contributed by atoms with E-state index in [1.165, 1.54) is 12.7 Å². The Labute approximate surface area is 112 Å². The van der Waals surface area contributed by atoms with Gasteiger partial charge in [0.1, 0.15) is 11.3 Å². The Bertz CT molecular complexity index is 585. The molecule has 0 atom stereocenters. The van der Waals surface area contributed by atoms with Crippen molar-refractivity contribution in [3.05, 3.63) is 53.6 Å². The zero-order valence-electron chi connectivity index (χ0n) is 11.0. The maximum atomic E-state index is 11.2. The highest BCUT2D eigenvalue weighted by molar-refractivity contribution is 5.94. The van der Waals surface area contributed by atoms with Crippen molar-refractivity contribution in [1.29, 1.82) is 0 Å². The lowest BCUT2D eigenvalue weighted by atomic mass is 9.99. The summed E-state index contributed by atoms with van der Waals surface area (Å²) in [6.07, 6.45) is 0.979. The summed E-state index contributed by atoms with van der Waals surface area (Å²) >= 11 is 0. The van der Waals surface area contributed by atoms with E-state index in [9.17, 15) is 9.90 Å². The molecule has 0 spiro atoms. The highest BCUT2D eigenvalue weighted by Gasteiger charge is 2.15. The van der Waals surface area contributed by atoms with Gasteiger partial charge in [0.25, 0.3) is 0 Å². The average Bonchev–Trinajstić information content (AvgIpc) is 2.46. The molecule has 0 heterocycles. The summed E-state index contributed by atoms with van der Waals surface area (Å²) in [7, 11) is 1.49. The molecule has 1 N–H and O–H groups in total. The molecule has 0 bridgehead atoms. The highest BCUT2D eigenvalue weighted by Crippen LogP contribution is 2.33. The van der Waals surface area contributed by atoms with Crippen molar-refractivity contribution >= 4 is 5.97 Å². The summed E-state index contributed by atoms with van der Waals surface area (Å²) in [5.41, 5.74) is 3.18. The predicted octanol–water partition coefficient (Wildman–Crippen LogP) is 3.62. The van der Waals surface area contributed by atoms with Crippen molar-refractivity contribution in [3.8, 4) is 16.9 Å². The predicted molar refractivity (Wildman–Crippen MR) is 74.8 cm³/mol. The van der Waals surface area contributed by atoms with Gasteiger partial charge in [-0.25, -0.2) is 4.79 Å². The number of para-hydroxylation sites is 1. The largest absolute Gasteiger partial charge is 0.495 e. The van der Waals surface area contributed by atoms with E-state index in [4.69, 9.17) is 4.74 Å². The van der Waals surface area contributed by atoms with Gasteiger partial charge >= 0.3 is 5.97 Å². The van der Waals surface area contributed by atoms with Crippen molar-refractivity contribution in [2.75, 3.05) is 7.11 Å². The van der Waals surface area contributed by atoms with Gasteiger partial charge in [-0.3, -0.25) is 0 Å². The van der Waals surface area contributed by atoms with Crippen LogP contribution in [0.3, 0.4) is 0 Å². The Morgan fingerprint density at radius 2 is 1.84 bits per heavy atom. The van der Waals surface area contributed by atoms with E-state index < -0.39 is 5.97 Å². The van der Waals surface area contributed by atoms with E-state index in [-0.39, 0.29) is 5.56 Å². The monoisotopic (exact) mass is 256 g/mol. The Kier molecular flexibility index (Phi) is 3.85. The third-order valence-electron chi connectivity index (χ3n) is 3.12. The number of methoxy groups -OCH3 is 1. The molecule has 0 amide bonds. The fourth-order valence-corrected chi connectivity index (χ4v) is 2.07. The Hall–Kier alpha value is -2.29. The smallest absolute Gasteiger partial charge is 0.339 e. The lowest BCUT2D eigenvalue weighted by Crippen LogP contribution is -2.01. The minimum Gasteiger partial charge on any atom is -0.495 e. The van der Waals surface area contributed by atoms with Crippen LogP contribution in [0.1, 0.15) is 22.8 Å². The van der Waals surface area contributed by atoms with Gasteiger partial charge in [-0.1, -0.05) is 43.3 Å². The van der Waals surface area contributed by atoms with E-state index in [0.29, 0.717) is 5.75 Å². The van der Waals surface area contributed by atoms with Crippen LogP contribution < -0.4 is 4.74 Å². The molecule has 0 unspecified atom stereocenters. The number of hydrogen-bond acceptors (Lipinski definition) is 2.